The van der Waals surface area contributed by atoms with Gasteiger partial charge in [0.25, 0.3) is 7.82 Å². The van der Waals surface area contributed by atoms with Gasteiger partial charge in [-0.05, 0) is 109 Å². The minimum Gasteiger partial charge on any atom is -0.756 e. The van der Waals surface area contributed by atoms with Crippen LogP contribution in [0, 0.1) is 0 Å². The molecule has 0 saturated carbocycles. The number of ether oxygens (including phenoxy) is 1. The third-order valence-corrected chi connectivity index (χ3v) is 13.5. The fourth-order valence-corrected chi connectivity index (χ4v) is 8.65. The van der Waals surface area contributed by atoms with Gasteiger partial charge in [0.15, 0.2) is 0 Å². The van der Waals surface area contributed by atoms with Gasteiger partial charge in [0.05, 0.1) is 33.8 Å². The lowest BCUT2D eigenvalue weighted by atomic mass is 10.0. The zero-order chi connectivity index (χ0) is 53.6. The van der Waals surface area contributed by atoms with Crippen LogP contribution in [-0.4, -0.2) is 69.4 Å². The molecule has 0 bridgehead atoms. The first-order valence-electron chi connectivity index (χ1n) is 29.5. The normalized spacial score (nSPS) is 14.5. The fraction of sp³-hybridized carbons (Fsp3) is 0.714. The van der Waals surface area contributed by atoms with Crippen molar-refractivity contribution in [3.63, 3.8) is 0 Å². The maximum absolute atomic E-state index is 13.5. The summed E-state index contributed by atoms with van der Waals surface area (Å²) in [7, 11) is 1.14. The van der Waals surface area contributed by atoms with Crippen LogP contribution in [0.2, 0.25) is 0 Å². The van der Waals surface area contributed by atoms with Gasteiger partial charge >= 0.3 is 5.97 Å². The first-order valence-corrected chi connectivity index (χ1v) is 31.0. The van der Waals surface area contributed by atoms with E-state index in [-0.39, 0.29) is 31.3 Å². The zero-order valence-corrected chi connectivity index (χ0v) is 48.7. The number of quaternary nitrogens is 1. The number of esters is 1. The van der Waals surface area contributed by atoms with Crippen molar-refractivity contribution in [1.29, 1.82) is 0 Å². The maximum Gasteiger partial charge on any atom is 0.306 e. The largest absolute Gasteiger partial charge is 0.756 e. The number of carbonyl (C=O) groups is 2. The number of unbranched alkanes of at least 4 members (excludes halogenated alkanes) is 22. The molecule has 420 valence electrons. The number of hydrogen-bond donors (Lipinski definition) is 1. The van der Waals surface area contributed by atoms with E-state index in [1.807, 2.05) is 33.3 Å². The van der Waals surface area contributed by atoms with Gasteiger partial charge in [-0.1, -0.05) is 215 Å². The van der Waals surface area contributed by atoms with Crippen LogP contribution in [0.5, 0.6) is 0 Å². The summed E-state index contributed by atoms with van der Waals surface area (Å²) in [5.74, 6) is -0.594. The summed E-state index contributed by atoms with van der Waals surface area (Å²) in [6.07, 6.45) is 69.4. The third kappa shape index (κ3) is 53.6. The van der Waals surface area contributed by atoms with Crippen LogP contribution in [-0.2, 0) is 27.9 Å². The second kappa shape index (κ2) is 52.4. The summed E-state index contributed by atoms with van der Waals surface area (Å²) in [5.41, 5.74) is 0. The van der Waals surface area contributed by atoms with Crippen molar-refractivity contribution >= 4 is 19.7 Å². The molecule has 0 spiro atoms. The number of amides is 1. The van der Waals surface area contributed by atoms with E-state index in [0.29, 0.717) is 23.9 Å². The second-order valence-electron chi connectivity index (χ2n) is 20.8. The number of carbonyl (C=O) groups excluding carboxylic acids is 2. The van der Waals surface area contributed by atoms with Crippen molar-refractivity contribution in [2.24, 2.45) is 0 Å². The molecule has 10 heteroatoms. The van der Waals surface area contributed by atoms with Crippen LogP contribution in [0.1, 0.15) is 239 Å². The summed E-state index contributed by atoms with van der Waals surface area (Å²) < 4.78 is 30.2. The SMILES string of the molecule is CC/C=C/C/C=C/C/C=C/CCCCCCC(=O)NC(COP(=O)([O-])OCC[N+](C)(C)C)C(/C=C\CCCCCCCCCCCC)OC(=O)CCCCCCC/C=C\C/C=C\C/C=C\C/C=C\CCCCC. The molecular weight excluding hydrogens is 928 g/mol. The molecule has 0 rings (SSSR count). The molecule has 0 radical (unpaired) electrons. The Hall–Kier alpha value is -3.07. The van der Waals surface area contributed by atoms with Crippen molar-refractivity contribution in [3.05, 3.63) is 97.2 Å². The Morgan fingerprint density at radius 3 is 1.34 bits per heavy atom. The van der Waals surface area contributed by atoms with Crippen molar-refractivity contribution < 1.29 is 37.3 Å². The molecule has 1 N–H and O–H groups in total. The number of likely N-dealkylation sites (N-methyl/N-ethyl adjacent to an activating group) is 1. The number of nitrogens with zero attached hydrogens (tertiary/aromatic N) is 1. The molecule has 3 unspecified atom stereocenters. The van der Waals surface area contributed by atoms with E-state index in [1.54, 1.807) is 0 Å². The fourth-order valence-electron chi connectivity index (χ4n) is 7.93. The molecule has 0 heterocycles. The van der Waals surface area contributed by atoms with Gasteiger partial charge in [-0.2, -0.15) is 0 Å². The molecule has 0 fully saturated rings. The van der Waals surface area contributed by atoms with Gasteiger partial charge in [-0.25, -0.2) is 0 Å². The Kier molecular flexibility index (Phi) is 50.2. The van der Waals surface area contributed by atoms with Gasteiger partial charge < -0.3 is 28.5 Å². The van der Waals surface area contributed by atoms with Crippen LogP contribution < -0.4 is 10.2 Å². The standard InChI is InChI=1S/C63H111N2O7P/c1-7-10-13-16-19-22-25-28-30-31-32-33-34-35-36-38-41-44-47-50-53-56-63(67)72-61(54-51-48-45-42-39-27-24-21-18-15-12-9-3)60(59-71-73(68,69)70-58-57-65(4,5)6)64-62(66)55-52-49-46-43-40-37-29-26-23-20-17-14-11-8-2/h11,14,19-20,22-23,28-30,32-33,35-37,51,54,60-61H,7-10,12-13,15-18,21,24-27,31,34,38-50,52-53,55-59H2,1-6H3,(H-,64,66,68,69)/b14-11+,22-19-,23-20+,30-28-,33-32-,36-35-,37-29+,54-51-. The van der Waals surface area contributed by atoms with Crippen LogP contribution in [0.4, 0.5) is 0 Å². The number of nitrogens with one attached hydrogen (secondary N) is 1. The molecule has 9 nitrogen and oxygen atoms in total. The first kappa shape index (κ1) is 69.9. The highest BCUT2D eigenvalue weighted by Crippen LogP contribution is 2.38. The molecule has 0 aromatic rings. The lowest BCUT2D eigenvalue weighted by Gasteiger charge is -2.30. The van der Waals surface area contributed by atoms with Crippen molar-refractivity contribution in [3.8, 4) is 0 Å². The lowest BCUT2D eigenvalue weighted by Crippen LogP contribution is -2.47. The van der Waals surface area contributed by atoms with Gasteiger partial charge in [0, 0.05) is 12.8 Å². The molecule has 0 aliphatic rings. The number of hydrogen-bond acceptors (Lipinski definition) is 7. The summed E-state index contributed by atoms with van der Waals surface area (Å²) in [6.45, 7) is 6.65. The van der Waals surface area contributed by atoms with Gasteiger partial charge in [-0.3, -0.25) is 14.2 Å². The molecule has 0 saturated heterocycles. The molecule has 0 aromatic heterocycles. The van der Waals surface area contributed by atoms with E-state index in [0.717, 1.165) is 116 Å². The van der Waals surface area contributed by atoms with E-state index < -0.39 is 26.6 Å². The number of phosphoric ester groups is 1. The van der Waals surface area contributed by atoms with Crippen molar-refractivity contribution in [2.75, 3.05) is 40.9 Å². The smallest absolute Gasteiger partial charge is 0.306 e. The second-order valence-corrected chi connectivity index (χ2v) is 22.2. The van der Waals surface area contributed by atoms with Crippen molar-refractivity contribution in [1.82, 2.24) is 5.32 Å². The Morgan fingerprint density at radius 1 is 0.493 bits per heavy atom. The van der Waals surface area contributed by atoms with E-state index in [2.05, 4.69) is 111 Å². The van der Waals surface area contributed by atoms with Gasteiger partial charge in [0.2, 0.25) is 5.91 Å². The monoisotopic (exact) mass is 1040 g/mol. The highest BCUT2D eigenvalue weighted by atomic mass is 31.2. The molecular formula is C63H111N2O7P. The first-order chi connectivity index (χ1) is 35.4. The lowest BCUT2D eigenvalue weighted by molar-refractivity contribution is -0.870. The van der Waals surface area contributed by atoms with E-state index in [4.69, 9.17) is 13.8 Å². The summed E-state index contributed by atoms with van der Waals surface area (Å²) in [6, 6.07) is -0.913. The van der Waals surface area contributed by atoms with E-state index >= 15 is 0 Å². The number of allylic oxidation sites excluding steroid dienone is 15. The highest BCUT2D eigenvalue weighted by molar-refractivity contribution is 7.45. The summed E-state index contributed by atoms with van der Waals surface area (Å²) >= 11 is 0. The molecule has 0 aliphatic carbocycles. The Bertz CT molecular complexity index is 1570. The topological polar surface area (TPSA) is 114 Å². The van der Waals surface area contributed by atoms with Gasteiger partial charge in [-0.15, -0.1) is 0 Å². The van der Waals surface area contributed by atoms with Gasteiger partial charge in [0.1, 0.15) is 19.3 Å². The average molecular weight is 1040 g/mol. The Morgan fingerprint density at radius 2 is 0.877 bits per heavy atom. The van der Waals surface area contributed by atoms with E-state index in [1.165, 1.54) is 77.0 Å². The molecule has 1 amide bonds. The van der Waals surface area contributed by atoms with Crippen LogP contribution in [0.3, 0.4) is 0 Å². The molecule has 3 atom stereocenters. The van der Waals surface area contributed by atoms with E-state index in [9.17, 15) is 19.0 Å². The Balaban J connectivity index is 5.36. The average Bonchev–Trinajstić information content (AvgIpc) is 3.35. The number of rotatable bonds is 52. The highest BCUT2D eigenvalue weighted by Gasteiger charge is 2.27. The predicted octanol–water partition coefficient (Wildman–Crippen LogP) is 17.4. The predicted molar refractivity (Wildman–Crippen MR) is 311 cm³/mol. The zero-order valence-electron chi connectivity index (χ0n) is 47.8. The minimum absolute atomic E-state index is 0.0349. The number of phosphoric acid groups is 1. The van der Waals surface area contributed by atoms with Crippen LogP contribution in [0.15, 0.2) is 97.2 Å². The van der Waals surface area contributed by atoms with Crippen LogP contribution in [0.25, 0.3) is 0 Å². The molecule has 0 aromatic carbocycles. The molecule has 73 heavy (non-hydrogen) atoms. The quantitative estimate of drug-likeness (QED) is 0.0212. The Labute approximate surface area is 449 Å². The van der Waals surface area contributed by atoms with Crippen LogP contribution >= 0.6 is 7.82 Å². The van der Waals surface area contributed by atoms with Crippen molar-refractivity contribution in [2.45, 2.75) is 251 Å². The summed E-state index contributed by atoms with van der Waals surface area (Å²) in [5, 5.41) is 3.00. The molecule has 0 aliphatic heterocycles. The third-order valence-electron chi connectivity index (χ3n) is 12.5. The maximum atomic E-state index is 13.5. The minimum atomic E-state index is -4.71. The summed E-state index contributed by atoms with van der Waals surface area (Å²) in [4.78, 5) is 39.9.